The largest absolute Gasteiger partial charge is 0.334 e. The summed E-state index contributed by atoms with van der Waals surface area (Å²) < 4.78 is 0. The van der Waals surface area contributed by atoms with Crippen molar-refractivity contribution in [2.24, 2.45) is 0 Å². The van der Waals surface area contributed by atoms with Crippen LogP contribution < -0.4 is 0 Å². The molecule has 1 aromatic carbocycles. The fraction of sp³-hybridized carbons (Fsp3) is 0.318. The van der Waals surface area contributed by atoms with E-state index in [2.05, 4.69) is 39.4 Å². The number of aryl methyl sites for hydroxylation is 1. The third-order valence-corrected chi connectivity index (χ3v) is 5.28. The van der Waals surface area contributed by atoms with Gasteiger partial charge < -0.3 is 4.90 Å². The number of pyridine rings is 1. The number of likely N-dealkylation sites (tertiary alicyclic amines) is 1. The zero-order chi connectivity index (χ0) is 18.5. The van der Waals surface area contributed by atoms with Crippen LogP contribution in [0.15, 0.2) is 60.9 Å². The summed E-state index contributed by atoms with van der Waals surface area (Å²) >= 11 is 0. The topological polar surface area (TPSA) is 61.9 Å². The van der Waals surface area contributed by atoms with Gasteiger partial charge in [-0.05, 0) is 55.9 Å². The maximum absolute atomic E-state index is 13.1. The normalized spacial score (nSPS) is 17.0. The van der Waals surface area contributed by atoms with Crippen molar-refractivity contribution in [1.82, 2.24) is 20.1 Å². The minimum absolute atomic E-state index is 0.0561. The smallest absolute Gasteiger partial charge is 0.272 e. The van der Waals surface area contributed by atoms with Crippen LogP contribution in [-0.4, -0.2) is 38.6 Å². The summed E-state index contributed by atoms with van der Waals surface area (Å²) in [5.41, 5.74) is 3.63. The van der Waals surface area contributed by atoms with E-state index in [1.165, 1.54) is 12.0 Å². The number of carbonyl (C=O) groups excluding carboxylic acids is 1. The van der Waals surface area contributed by atoms with E-state index in [4.69, 9.17) is 0 Å². The van der Waals surface area contributed by atoms with Gasteiger partial charge in [-0.1, -0.05) is 30.3 Å². The van der Waals surface area contributed by atoms with Crippen LogP contribution in [0.25, 0.3) is 11.3 Å². The monoisotopic (exact) mass is 360 g/mol. The molecule has 0 bridgehead atoms. The number of nitrogens with zero attached hydrogens (tertiary/aromatic N) is 3. The van der Waals surface area contributed by atoms with E-state index in [0.29, 0.717) is 11.7 Å². The van der Waals surface area contributed by atoms with Gasteiger partial charge in [-0.2, -0.15) is 5.10 Å². The summed E-state index contributed by atoms with van der Waals surface area (Å²) in [5.74, 6) is 0.0561. The molecule has 1 amide bonds. The maximum Gasteiger partial charge on any atom is 0.272 e. The van der Waals surface area contributed by atoms with E-state index >= 15 is 0 Å². The van der Waals surface area contributed by atoms with Crippen molar-refractivity contribution in [2.45, 2.75) is 38.1 Å². The predicted octanol–water partition coefficient (Wildman–Crippen LogP) is 4.10. The lowest BCUT2D eigenvalue weighted by atomic mass is 9.95. The number of carbonyl (C=O) groups is 1. The Hall–Kier alpha value is -2.95. The lowest BCUT2D eigenvalue weighted by molar-refractivity contribution is 0.0596. The minimum atomic E-state index is 0.0561. The molecule has 0 aliphatic carbocycles. The van der Waals surface area contributed by atoms with Crippen molar-refractivity contribution >= 4 is 5.91 Å². The molecule has 1 N–H and O–H groups in total. The summed E-state index contributed by atoms with van der Waals surface area (Å²) in [7, 11) is 0. The van der Waals surface area contributed by atoms with Crippen LogP contribution in [0.1, 0.15) is 41.7 Å². The molecule has 3 aromatic rings. The second-order valence-corrected chi connectivity index (χ2v) is 7.08. The van der Waals surface area contributed by atoms with Crippen LogP contribution >= 0.6 is 0 Å². The van der Waals surface area contributed by atoms with Crippen LogP contribution in [0.4, 0.5) is 0 Å². The number of hydrogen-bond acceptors (Lipinski definition) is 3. The van der Waals surface area contributed by atoms with Gasteiger partial charge in [0.2, 0.25) is 0 Å². The highest BCUT2D eigenvalue weighted by Gasteiger charge is 2.28. The molecule has 138 valence electrons. The van der Waals surface area contributed by atoms with Crippen molar-refractivity contribution in [2.75, 3.05) is 6.54 Å². The molecule has 1 saturated heterocycles. The highest BCUT2D eigenvalue weighted by molar-refractivity contribution is 5.93. The quantitative estimate of drug-likeness (QED) is 0.745. The molecule has 1 aliphatic rings. The Labute approximate surface area is 159 Å². The lowest BCUT2D eigenvalue weighted by Crippen LogP contribution is -2.44. The molecule has 0 spiro atoms. The number of amides is 1. The predicted molar refractivity (Wildman–Crippen MR) is 105 cm³/mol. The van der Waals surface area contributed by atoms with E-state index in [9.17, 15) is 4.79 Å². The number of H-pyrrole nitrogens is 1. The molecule has 2 aromatic heterocycles. The van der Waals surface area contributed by atoms with Gasteiger partial charge >= 0.3 is 0 Å². The van der Waals surface area contributed by atoms with Crippen molar-refractivity contribution in [3.63, 3.8) is 0 Å². The second-order valence-electron chi connectivity index (χ2n) is 7.08. The number of aromatic amines is 1. The van der Waals surface area contributed by atoms with Gasteiger partial charge in [0.15, 0.2) is 0 Å². The molecule has 5 heteroatoms. The average Bonchev–Trinajstić information content (AvgIpc) is 3.24. The molecule has 5 nitrogen and oxygen atoms in total. The third kappa shape index (κ3) is 4.08. The molecular weight excluding hydrogens is 336 g/mol. The standard InChI is InChI=1S/C22H24N4O/c27-22(21-16-20(24-25-21)18-11-13-23-14-12-18)26-15-5-4-8-19(26)10-9-17-6-2-1-3-7-17/h1-3,6-7,11-14,16,19H,4-5,8-10,15H2,(H,24,25)/t19-/m0/s1. The number of benzene rings is 1. The minimum Gasteiger partial charge on any atom is -0.334 e. The van der Waals surface area contributed by atoms with Gasteiger partial charge in [0, 0.05) is 30.5 Å². The van der Waals surface area contributed by atoms with Gasteiger partial charge in [-0.3, -0.25) is 14.9 Å². The molecule has 3 heterocycles. The van der Waals surface area contributed by atoms with Gasteiger partial charge in [0.05, 0.1) is 5.69 Å². The second kappa shape index (κ2) is 8.16. The Bertz CT molecular complexity index is 876. The summed E-state index contributed by atoms with van der Waals surface area (Å²) in [5, 5.41) is 7.25. The fourth-order valence-electron chi connectivity index (χ4n) is 3.80. The SMILES string of the molecule is O=C(c1cc(-c2ccncc2)n[nH]1)N1CCCC[C@H]1CCc1ccccc1. The van der Waals surface area contributed by atoms with Gasteiger partial charge in [-0.25, -0.2) is 0 Å². The molecule has 27 heavy (non-hydrogen) atoms. The fourth-order valence-corrected chi connectivity index (χ4v) is 3.80. The number of aromatic nitrogens is 3. The summed E-state index contributed by atoms with van der Waals surface area (Å²) in [6.45, 7) is 0.821. The molecule has 4 rings (SSSR count). The van der Waals surface area contributed by atoms with Crippen molar-refractivity contribution < 1.29 is 4.79 Å². The summed E-state index contributed by atoms with van der Waals surface area (Å²) in [4.78, 5) is 19.2. The number of rotatable bonds is 5. The molecule has 0 saturated carbocycles. The molecule has 0 unspecified atom stereocenters. The van der Waals surface area contributed by atoms with Crippen molar-refractivity contribution in [3.05, 3.63) is 72.2 Å². The maximum atomic E-state index is 13.1. The van der Waals surface area contributed by atoms with E-state index in [1.807, 2.05) is 29.2 Å². The van der Waals surface area contributed by atoms with Crippen molar-refractivity contribution in [1.29, 1.82) is 0 Å². The van der Waals surface area contributed by atoms with E-state index in [0.717, 1.165) is 43.5 Å². The van der Waals surface area contributed by atoms with E-state index in [-0.39, 0.29) is 5.91 Å². The van der Waals surface area contributed by atoms with Crippen LogP contribution in [0.5, 0.6) is 0 Å². The lowest BCUT2D eigenvalue weighted by Gasteiger charge is -2.35. The molecule has 1 aliphatic heterocycles. The Kier molecular flexibility index (Phi) is 5.28. The van der Waals surface area contributed by atoms with Gasteiger partial charge in [0.25, 0.3) is 5.91 Å². The Morgan fingerprint density at radius 2 is 1.93 bits per heavy atom. The highest BCUT2D eigenvalue weighted by Crippen LogP contribution is 2.24. The first-order valence-corrected chi connectivity index (χ1v) is 9.62. The first-order chi connectivity index (χ1) is 13.3. The molecular formula is C22H24N4O. The molecule has 1 fully saturated rings. The summed E-state index contributed by atoms with van der Waals surface area (Å²) in [6.07, 6.45) is 8.80. The van der Waals surface area contributed by atoms with Crippen LogP contribution in [0.3, 0.4) is 0 Å². The Morgan fingerprint density at radius 3 is 2.74 bits per heavy atom. The molecule has 0 radical (unpaired) electrons. The Morgan fingerprint density at radius 1 is 1.11 bits per heavy atom. The first kappa shape index (κ1) is 17.5. The zero-order valence-electron chi connectivity index (χ0n) is 15.3. The number of piperidine rings is 1. The molecule has 1 atom stereocenters. The van der Waals surface area contributed by atoms with Crippen LogP contribution in [-0.2, 0) is 6.42 Å². The zero-order valence-corrected chi connectivity index (χ0v) is 15.3. The number of hydrogen-bond donors (Lipinski definition) is 1. The van der Waals surface area contributed by atoms with E-state index < -0.39 is 0 Å². The average molecular weight is 360 g/mol. The van der Waals surface area contributed by atoms with Gasteiger partial charge in [-0.15, -0.1) is 0 Å². The van der Waals surface area contributed by atoms with Gasteiger partial charge in [0.1, 0.15) is 5.69 Å². The Balaban J connectivity index is 1.46. The first-order valence-electron chi connectivity index (χ1n) is 9.62. The third-order valence-electron chi connectivity index (χ3n) is 5.28. The van der Waals surface area contributed by atoms with Crippen molar-refractivity contribution in [3.8, 4) is 11.3 Å². The van der Waals surface area contributed by atoms with Crippen LogP contribution in [0.2, 0.25) is 0 Å². The van der Waals surface area contributed by atoms with E-state index in [1.54, 1.807) is 12.4 Å². The highest BCUT2D eigenvalue weighted by atomic mass is 16.2. The summed E-state index contributed by atoms with van der Waals surface area (Å²) in [6, 6.07) is 16.4. The van der Waals surface area contributed by atoms with Crippen LogP contribution in [0, 0.1) is 0 Å². The number of nitrogens with one attached hydrogen (secondary N) is 1.